The summed E-state index contributed by atoms with van der Waals surface area (Å²) in [6.07, 6.45) is 1.83. The highest BCUT2D eigenvalue weighted by molar-refractivity contribution is 6.31. The largest absolute Gasteiger partial charge is 0.322 e. The lowest BCUT2D eigenvalue weighted by molar-refractivity contribution is 0.560. The van der Waals surface area contributed by atoms with Crippen molar-refractivity contribution in [1.29, 1.82) is 0 Å². The van der Waals surface area contributed by atoms with Gasteiger partial charge in [0.05, 0.1) is 29.3 Å². The highest BCUT2D eigenvalue weighted by Crippen LogP contribution is 2.24. The fourth-order valence-electron chi connectivity index (χ4n) is 4.01. The molecule has 4 nitrogen and oxygen atoms in total. The quantitative estimate of drug-likeness (QED) is 0.338. The maximum Gasteiger partial charge on any atom is 0.124 e. The van der Waals surface area contributed by atoms with E-state index in [1.54, 1.807) is 0 Å². The fraction of sp³-hybridized carbons (Fsp3) is 0.111. The van der Waals surface area contributed by atoms with Crippen LogP contribution in [0.5, 0.6) is 0 Å². The van der Waals surface area contributed by atoms with E-state index in [4.69, 9.17) is 16.6 Å². The molecule has 0 aliphatic heterocycles. The minimum Gasteiger partial charge on any atom is -0.322 e. The number of benzene rings is 3. The summed E-state index contributed by atoms with van der Waals surface area (Å²) in [6, 6.07) is 32.7. The molecule has 1 atom stereocenters. The SMILES string of the molecule is Clc1ccc2c(c1)nc(CNC(c1ccccc1)c1ccccn1)n2Cc1ccccc1. The first-order valence-electron chi connectivity index (χ1n) is 10.7. The van der Waals surface area contributed by atoms with Crippen molar-refractivity contribution in [2.75, 3.05) is 0 Å². The number of nitrogens with zero attached hydrogens (tertiary/aromatic N) is 3. The van der Waals surface area contributed by atoms with Gasteiger partial charge in [-0.15, -0.1) is 0 Å². The Kier molecular flexibility index (Phi) is 5.97. The molecular weight excluding hydrogens is 416 g/mol. The number of rotatable bonds is 7. The van der Waals surface area contributed by atoms with Gasteiger partial charge in [0, 0.05) is 17.8 Å². The van der Waals surface area contributed by atoms with Crippen molar-refractivity contribution < 1.29 is 0 Å². The zero-order chi connectivity index (χ0) is 21.8. The molecule has 0 aliphatic rings. The van der Waals surface area contributed by atoms with E-state index in [1.165, 1.54) is 11.1 Å². The number of aromatic nitrogens is 3. The normalized spacial score (nSPS) is 12.2. The number of imidazole rings is 1. The fourth-order valence-corrected chi connectivity index (χ4v) is 4.18. The number of hydrogen-bond donors (Lipinski definition) is 1. The standard InChI is InChI=1S/C27H23ClN4/c28-22-14-15-25-24(17-22)31-26(32(25)19-20-9-3-1-4-10-20)18-30-27(21-11-5-2-6-12-21)23-13-7-8-16-29-23/h1-17,27,30H,18-19H2. The molecule has 5 rings (SSSR count). The van der Waals surface area contributed by atoms with Crippen LogP contribution < -0.4 is 5.32 Å². The minimum atomic E-state index is -0.0361. The third kappa shape index (κ3) is 4.42. The molecule has 0 bridgehead atoms. The smallest absolute Gasteiger partial charge is 0.124 e. The number of fused-ring (bicyclic) bond motifs is 1. The molecular formula is C27H23ClN4. The summed E-state index contributed by atoms with van der Waals surface area (Å²) < 4.78 is 2.26. The van der Waals surface area contributed by atoms with E-state index < -0.39 is 0 Å². The summed E-state index contributed by atoms with van der Waals surface area (Å²) in [7, 11) is 0. The van der Waals surface area contributed by atoms with Crippen molar-refractivity contribution in [3.05, 3.63) is 131 Å². The third-order valence-corrected chi connectivity index (χ3v) is 5.79. The van der Waals surface area contributed by atoms with Gasteiger partial charge < -0.3 is 4.57 Å². The van der Waals surface area contributed by atoms with Gasteiger partial charge in [0.25, 0.3) is 0 Å². The predicted octanol–water partition coefficient (Wildman–Crippen LogP) is 6.01. The molecule has 2 aromatic heterocycles. The second-order valence-corrected chi connectivity index (χ2v) is 8.15. The number of nitrogens with one attached hydrogen (secondary N) is 1. The Bertz CT molecular complexity index is 1260. The van der Waals surface area contributed by atoms with E-state index in [0.29, 0.717) is 11.6 Å². The highest BCUT2D eigenvalue weighted by atomic mass is 35.5. The lowest BCUT2D eigenvalue weighted by Gasteiger charge is -2.19. The molecule has 158 valence electrons. The molecule has 5 heteroatoms. The molecule has 1 unspecified atom stereocenters. The van der Waals surface area contributed by atoms with Crippen LogP contribution in [0.15, 0.2) is 103 Å². The van der Waals surface area contributed by atoms with Crippen LogP contribution in [0.2, 0.25) is 5.02 Å². The second-order valence-electron chi connectivity index (χ2n) is 7.71. The van der Waals surface area contributed by atoms with E-state index in [0.717, 1.165) is 29.1 Å². The van der Waals surface area contributed by atoms with Crippen LogP contribution in [0, 0.1) is 0 Å². The van der Waals surface area contributed by atoms with Gasteiger partial charge in [-0.2, -0.15) is 0 Å². The summed E-state index contributed by atoms with van der Waals surface area (Å²) in [6.45, 7) is 1.34. The molecule has 0 saturated heterocycles. The van der Waals surface area contributed by atoms with Crippen molar-refractivity contribution in [3.8, 4) is 0 Å². The Morgan fingerprint density at radius 3 is 2.34 bits per heavy atom. The molecule has 0 saturated carbocycles. The van der Waals surface area contributed by atoms with Gasteiger partial charge >= 0.3 is 0 Å². The van der Waals surface area contributed by atoms with Crippen LogP contribution in [0.4, 0.5) is 0 Å². The maximum atomic E-state index is 6.25. The van der Waals surface area contributed by atoms with E-state index in [1.807, 2.05) is 48.7 Å². The first-order chi connectivity index (χ1) is 15.8. The van der Waals surface area contributed by atoms with Gasteiger partial charge in [-0.05, 0) is 41.5 Å². The topological polar surface area (TPSA) is 42.7 Å². The van der Waals surface area contributed by atoms with Gasteiger partial charge in [0.2, 0.25) is 0 Å². The van der Waals surface area contributed by atoms with Crippen molar-refractivity contribution in [2.45, 2.75) is 19.1 Å². The van der Waals surface area contributed by atoms with Gasteiger partial charge in [0.1, 0.15) is 5.82 Å². The molecule has 0 amide bonds. The Labute approximate surface area is 192 Å². The van der Waals surface area contributed by atoms with Crippen LogP contribution in [-0.4, -0.2) is 14.5 Å². The highest BCUT2D eigenvalue weighted by Gasteiger charge is 2.17. The zero-order valence-corrected chi connectivity index (χ0v) is 18.3. The van der Waals surface area contributed by atoms with E-state index in [-0.39, 0.29) is 6.04 Å². The van der Waals surface area contributed by atoms with Crippen molar-refractivity contribution in [2.24, 2.45) is 0 Å². The molecule has 3 aromatic carbocycles. The molecule has 0 radical (unpaired) electrons. The zero-order valence-electron chi connectivity index (χ0n) is 17.5. The van der Waals surface area contributed by atoms with Crippen LogP contribution in [-0.2, 0) is 13.1 Å². The average molecular weight is 439 g/mol. The molecule has 0 aliphatic carbocycles. The van der Waals surface area contributed by atoms with Gasteiger partial charge in [-0.25, -0.2) is 4.98 Å². The van der Waals surface area contributed by atoms with E-state index in [9.17, 15) is 0 Å². The predicted molar refractivity (Wildman–Crippen MR) is 130 cm³/mol. The van der Waals surface area contributed by atoms with Crippen molar-refractivity contribution in [3.63, 3.8) is 0 Å². The van der Waals surface area contributed by atoms with E-state index in [2.05, 4.69) is 69.5 Å². The monoisotopic (exact) mass is 438 g/mol. The van der Waals surface area contributed by atoms with E-state index >= 15 is 0 Å². The second kappa shape index (κ2) is 9.35. The maximum absolute atomic E-state index is 6.25. The van der Waals surface area contributed by atoms with Crippen molar-refractivity contribution in [1.82, 2.24) is 19.9 Å². The number of hydrogen-bond acceptors (Lipinski definition) is 3. The average Bonchev–Trinajstić information content (AvgIpc) is 3.17. The van der Waals surface area contributed by atoms with Gasteiger partial charge in [-0.1, -0.05) is 78.3 Å². The molecule has 0 fully saturated rings. The third-order valence-electron chi connectivity index (χ3n) is 5.55. The molecule has 1 N–H and O–H groups in total. The summed E-state index contributed by atoms with van der Waals surface area (Å²) in [5.74, 6) is 0.961. The Morgan fingerprint density at radius 1 is 0.844 bits per heavy atom. The van der Waals surface area contributed by atoms with Crippen LogP contribution in [0.1, 0.15) is 28.7 Å². The molecule has 32 heavy (non-hydrogen) atoms. The first kappa shape index (κ1) is 20.4. The van der Waals surface area contributed by atoms with Gasteiger partial charge in [-0.3, -0.25) is 10.3 Å². The summed E-state index contributed by atoms with van der Waals surface area (Å²) >= 11 is 6.25. The Hall–Kier alpha value is -3.47. The molecule has 2 heterocycles. The van der Waals surface area contributed by atoms with Crippen molar-refractivity contribution >= 4 is 22.6 Å². The van der Waals surface area contributed by atoms with Gasteiger partial charge in [0.15, 0.2) is 0 Å². The minimum absolute atomic E-state index is 0.0361. The van der Waals surface area contributed by atoms with Crippen LogP contribution in [0.25, 0.3) is 11.0 Å². The summed E-state index contributed by atoms with van der Waals surface area (Å²) in [5, 5.41) is 4.38. The van der Waals surface area contributed by atoms with Crippen LogP contribution >= 0.6 is 11.6 Å². The number of pyridine rings is 1. The lowest BCUT2D eigenvalue weighted by atomic mass is 10.0. The molecule has 0 spiro atoms. The summed E-state index contributed by atoms with van der Waals surface area (Å²) in [4.78, 5) is 9.53. The Balaban J connectivity index is 1.50. The number of halogens is 1. The van der Waals surface area contributed by atoms with Crippen LogP contribution in [0.3, 0.4) is 0 Å². The lowest BCUT2D eigenvalue weighted by Crippen LogP contribution is -2.24. The molecule has 5 aromatic rings. The first-order valence-corrected chi connectivity index (χ1v) is 11.0. The summed E-state index contributed by atoms with van der Waals surface area (Å²) in [5.41, 5.74) is 5.35. The Morgan fingerprint density at radius 2 is 1.59 bits per heavy atom.